The van der Waals surface area contributed by atoms with Gasteiger partial charge in [0.1, 0.15) is 6.29 Å². The van der Waals surface area contributed by atoms with Crippen LogP contribution in [0.25, 0.3) is 6.08 Å². The van der Waals surface area contributed by atoms with E-state index in [0.717, 1.165) is 18.3 Å². The topological polar surface area (TPSA) is 17.1 Å². The van der Waals surface area contributed by atoms with Gasteiger partial charge in [0, 0.05) is 0 Å². The van der Waals surface area contributed by atoms with Crippen LogP contribution < -0.4 is 0 Å². The highest BCUT2D eigenvalue weighted by molar-refractivity contribution is 5.73. The van der Waals surface area contributed by atoms with Crippen molar-refractivity contribution in [2.24, 2.45) is 0 Å². The number of carbonyl (C=O) groups excluding carboxylic acids is 1. The molecule has 0 aliphatic carbocycles. The van der Waals surface area contributed by atoms with Gasteiger partial charge in [0.15, 0.2) is 0 Å². The molecule has 0 aromatic heterocycles. The highest BCUT2D eigenvalue weighted by atomic mass is 16.1. The van der Waals surface area contributed by atoms with Crippen molar-refractivity contribution in [2.75, 3.05) is 0 Å². The Morgan fingerprint density at radius 1 is 1.23 bits per heavy atom. The van der Waals surface area contributed by atoms with E-state index in [9.17, 15) is 4.79 Å². The molecule has 0 aliphatic heterocycles. The highest BCUT2D eigenvalue weighted by Gasteiger charge is 1.88. The van der Waals surface area contributed by atoms with Gasteiger partial charge in [-0.2, -0.15) is 0 Å². The molecule has 0 radical (unpaired) electrons. The molecule has 0 saturated heterocycles. The molecule has 0 unspecified atom stereocenters. The lowest BCUT2D eigenvalue weighted by Crippen LogP contribution is -1.80. The molecule has 0 spiro atoms. The van der Waals surface area contributed by atoms with Crippen LogP contribution in [0.2, 0.25) is 0 Å². The monoisotopic (exact) mass is 172 g/mol. The molecule has 1 aromatic rings. The third kappa shape index (κ3) is 3.08. The SMILES string of the molecule is C=CCc1ccc(/C=C/C=O)cc1. The van der Waals surface area contributed by atoms with Crippen LogP contribution in [-0.2, 0) is 11.2 Å². The quantitative estimate of drug-likeness (QED) is 0.387. The summed E-state index contributed by atoms with van der Waals surface area (Å²) in [6.45, 7) is 3.67. The molecule has 0 heterocycles. The van der Waals surface area contributed by atoms with Gasteiger partial charge in [-0.05, 0) is 23.6 Å². The maximum Gasteiger partial charge on any atom is 0.142 e. The Morgan fingerprint density at radius 2 is 1.92 bits per heavy atom. The Morgan fingerprint density at radius 3 is 2.46 bits per heavy atom. The molecule has 0 aliphatic rings. The molecule has 0 bridgehead atoms. The first-order valence-corrected chi connectivity index (χ1v) is 4.18. The number of hydrogen-bond acceptors (Lipinski definition) is 1. The summed E-state index contributed by atoms with van der Waals surface area (Å²) < 4.78 is 0. The number of rotatable bonds is 4. The molecule has 0 N–H and O–H groups in total. The molecule has 66 valence electrons. The lowest BCUT2D eigenvalue weighted by molar-refractivity contribution is -0.104. The summed E-state index contributed by atoms with van der Waals surface area (Å²) in [5.74, 6) is 0. The lowest BCUT2D eigenvalue weighted by atomic mass is 10.1. The van der Waals surface area contributed by atoms with Gasteiger partial charge in [0.2, 0.25) is 0 Å². The predicted octanol–water partition coefficient (Wildman–Crippen LogP) is 2.63. The van der Waals surface area contributed by atoms with Crippen LogP contribution in [0.4, 0.5) is 0 Å². The molecule has 1 nitrogen and oxygen atoms in total. The lowest BCUT2D eigenvalue weighted by Gasteiger charge is -1.96. The Labute approximate surface area is 78.4 Å². The first-order valence-electron chi connectivity index (χ1n) is 4.18. The number of hydrogen-bond donors (Lipinski definition) is 0. The molecule has 0 atom stereocenters. The van der Waals surface area contributed by atoms with Crippen molar-refractivity contribution < 1.29 is 4.79 Å². The average molecular weight is 172 g/mol. The Kier molecular flexibility index (Phi) is 3.71. The van der Waals surface area contributed by atoms with Crippen molar-refractivity contribution in [3.63, 3.8) is 0 Å². The summed E-state index contributed by atoms with van der Waals surface area (Å²) in [5.41, 5.74) is 2.28. The van der Waals surface area contributed by atoms with Crippen LogP contribution in [0.3, 0.4) is 0 Å². The molecule has 0 saturated carbocycles. The summed E-state index contributed by atoms with van der Waals surface area (Å²) in [6, 6.07) is 8.04. The summed E-state index contributed by atoms with van der Waals surface area (Å²) in [7, 11) is 0. The van der Waals surface area contributed by atoms with Crippen molar-refractivity contribution >= 4 is 12.4 Å². The first-order chi connectivity index (χ1) is 6.36. The first kappa shape index (κ1) is 9.46. The standard InChI is InChI=1S/C12H12O/c1-2-4-11-6-8-12(9-7-11)5-3-10-13/h2-3,5-10H,1,4H2/b5-3+. The second-order valence-corrected chi connectivity index (χ2v) is 2.73. The third-order valence-corrected chi connectivity index (χ3v) is 1.73. The fourth-order valence-corrected chi connectivity index (χ4v) is 1.08. The molecule has 1 aromatic carbocycles. The minimum atomic E-state index is 0.775. The van der Waals surface area contributed by atoms with Crippen LogP contribution in [0.15, 0.2) is 43.0 Å². The van der Waals surface area contributed by atoms with Gasteiger partial charge in [0.25, 0.3) is 0 Å². The highest BCUT2D eigenvalue weighted by Crippen LogP contribution is 2.06. The van der Waals surface area contributed by atoms with Crippen LogP contribution in [0, 0.1) is 0 Å². The Bertz CT molecular complexity index is 306. The van der Waals surface area contributed by atoms with Crippen molar-refractivity contribution in [1.29, 1.82) is 0 Å². The fourth-order valence-electron chi connectivity index (χ4n) is 1.08. The van der Waals surface area contributed by atoms with Crippen molar-refractivity contribution in [2.45, 2.75) is 6.42 Å². The van der Waals surface area contributed by atoms with Crippen molar-refractivity contribution in [1.82, 2.24) is 0 Å². The smallest absolute Gasteiger partial charge is 0.142 e. The van der Waals surface area contributed by atoms with E-state index in [4.69, 9.17) is 0 Å². The zero-order chi connectivity index (χ0) is 9.52. The van der Waals surface area contributed by atoms with Gasteiger partial charge in [0.05, 0.1) is 0 Å². The minimum absolute atomic E-state index is 0.775. The van der Waals surface area contributed by atoms with E-state index in [2.05, 4.69) is 6.58 Å². The molecule has 0 fully saturated rings. The van der Waals surface area contributed by atoms with E-state index in [-0.39, 0.29) is 0 Å². The average Bonchev–Trinajstić information content (AvgIpc) is 2.17. The molecule has 1 rings (SSSR count). The van der Waals surface area contributed by atoms with E-state index >= 15 is 0 Å². The van der Waals surface area contributed by atoms with Gasteiger partial charge in [-0.3, -0.25) is 4.79 Å². The fraction of sp³-hybridized carbons (Fsp3) is 0.0833. The van der Waals surface area contributed by atoms with Gasteiger partial charge >= 0.3 is 0 Å². The number of aldehydes is 1. The van der Waals surface area contributed by atoms with E-state index in [1.54, 1.807) is 6.08 Å². The second kappa shape index (κ2) is 5.09. The number of benzene rings is 1. The molecule has 13 heavy (non-hydrogen) atoms. The predicted molar refractivity (Wildman–Crippen MR) is 55.4 cm³/mol. The largest absolute Gasteiger partial charge is 0.299 e. The van der Waals surface area contributed by atoms with Gasteiger partial charge in [-0.25, -0.2) is 0 Å². The normalized spacial score (nSPS) is 10.2. The third-order valence-electron chi connectivity index (χ3n) is 1.73. The summed E-state index contributed by atoms with van der Waals surface area (Å²) in [6.07, 6.45) is 6.80. The summed E-state index contributed by atoms with van der Waals surface area (Å²) >= 11 is 0. The van der Waals surface area contributed by atoms with Gasteiger partial charge in [-0.15, -0.1) is 6.58 Å². The van der Waals surface area contributed by atoms with E-state index < -0.39 is 0 Å². The molecule has 0 amide bonds. The Balaban J connectivity index is 2.74. The molecule has 1 heteroatoms. The maximum atomic E-state index is 10.0. The molecular weight excluding hydrogens is 160 g/mol. The van der Waals surface area contributed by atoms with Crippen LogP contribution in [0.1, 0.15) is 11.1 Å². The summed E-state index contributed by atoms with van der Waals surface area (Å²) in [5, 5.41) is 0. The van der Waals surface area contributed by atoms with Gasteiger partial charge < -0.3 is 0 Å². The van der Waals surface area contributed by atoms with Crippen molar-refractivity contribution in [3.05, 3.63) is 54.1 Å². The minimum Gasteiger partial charge on any atom is -0.299 e. The van der Waals surface area contributed by atoms with Crippen molar-refractivity contribution in [3.8, 4) is 0 Å². The molecular formula is C12H12O. The number of carbonyl (C=O) groups is 1. The maximum absolute atomic E-state index is 10.0. The van der Waals surface area contributed by atoms with Gasteiger partial charge in [-0.1, -0.05) is 36.4 Å². The van der Waals surface area contributed by atoms with E-state index in [1.165, 1.54) is 11.6 Å². The van der Waals surface area contributed by atoms with Crippen LogP contribution >= 0.6 is 0 Å². The number of allylic oxidation sites excluding steroid dienone is 2. The van der Waals surface area contributed by atoms with E-state index in [1.807, 2.05) is 30.3 Å². The zero-order valence-corrected chi connectivity index (χ0v) is 7.44. The van der Waals surface area contributed by atoms with Crippen LogP contribution in [0.5, 0.6) is 0 Å². The second-order valence-electron chi connectivity index (χ2n) is 2.73. The Hall–Kier alpha value is -1.63. The van der Waals surface area contributed by atoms with Crippen LogP contribution in [-0.4, -0.2) is 6.29 Å². The van der Waals surface area contributed by atoms with E-state index in [0.29, 0.717) is 0 Å². The summed E-state index contributed by atoms with van der Waals surface area (Å²) in [4.78, 5) is 10.0. The zero-order valence-electron chi connectivity index (χ0n) is 7.44.